The van der Waals surface area contributed by atoms with Crippen LogP contribution < -0.4 is 0 Å². The number of hydrogen-bond donors (Lipinski definition) is 0. The summed E-state index contributed by atoms with van der Waals surface area (Å²) in [4.78, 5) is 1.14. The maximum absolute atomic E-state index is 13.0. The first-order valence-electron chi connectivity index (χ1n) is 4.50. The third kappa shape index (κ3) is 2.04. The number of hydrogen-bond acceptors (Lipinski definition) is 5. The molecule has 0 aromatic carbocycles. The Labute approximate surface area is 120 Å². The summed E-state index contributed by atoms with van der Waals surface area (Å²) < 4.78 is 28.0. The van der Waals surface area contributed by atoms with Crippen molar-refractivity contribution in [3.05, 3.63) is 21.7 Å². The Bertz CT molecular complexity index is 716. The molecule has 0 unspecified atom stereocenters. The topological polar surface area (TPSA) is 43.1 Å². The van der Waals surface area contributed by atoms with Crippen LogP contribution in [0.15, 0.2) is 15.9 Å². The Morgan fingerprint density at radius 1 is 1.28 bits per heavy atom. The monoisotopic (exact) mass is 370 g/mol. The fourth-order valence-corrected chi connectivity index (χ4v) is 3.72. The van der Waals surface area contributed by atoms with Crippen molar-refractivity contribution in [2.75, 3.05) is 0 Å². The molecule has 0 fully saturated rings. The zero-order chi connectivity index (χ0) is 12.9. The summed E-state index contributed by atoms with van der Waals surface area (Å²) in [6, 6.07) is 3.71. The van der Waals surface area contributed by atoms with Crippen LogP contribution in [0, 0.1) is 0 Å². The van der Waals surface area contributed by atoms with Crippen LogP contribution in [-0.2, 0) is 5.38 Å². The third-order valence-corrected chi connectivity index (χ3v) is 4.89. The average molecular weight is 372 g/mol. The van der Waals surface area contributed by atoms with Gasteiger partial charge in [-0.3, -0.25) is 0 Å². The maximum atomic E-state index is 13.0. The second-order valence-corrected chi connectivity index (χ2v) is 7.12. The Morgan fingerprint density at radius 2 is 2.06 bits per heavy atom. The number of nitrogens with zero attached hydrogens (tertiary/aromatic N) is 4. The van der Waals surface area contributed by atoms with Crippen LogP contribution in [0.25, 0.3) is 14.8 Å². The minimum atomic E-state index is -3.58. The summed E-state index contributed by atoms with van der Waals surface area (Å²) in [5.41, 5.74) is 0. The zero-order valence-electron chi connectivity index (χ0n) is 8.27. The Hall–Kier alpha value is -0.640. The van der Waals surface area contributed by atoms with Gasteiger partial charge in [0, 0.05) is 0 Å². The molecule has 0 aliphatic rings. The van der Waals surface area contributed by atoms with Crippen molar-refractivity contribution in [3.8, 4) is 9.88 Å². The first-order chi connectivity index (χ1) is 8.45. The lowest BCUT2D eigenvalue weighted by Gasteiger charge is -2.01. The van der Waals surface area contributed by atoms with Gasteiger partial charge in [0.25, 0.3) is 0 Å². The lowest BCUT2D eigenvalue weighted by atomic mass is 10.5. The summed E-state index contributed by atoms with van der Waals surface area (Å²) in [7, 11) is 0. The lowest BCUT2D eigenvalue weighted by Crippen LogP contribution is -2.10. The van der Waals surface area contributed by atoms with E-state index in [9.17, 15) is 8.78 Å². The summed E-state index contributed by atoms with van der Waals surface area (Å²) in [6.45, 7) is 0. The molecular weight excluding hydrogens is 370 g/mol. The quantitative estimate of drug-likeness (QED) is 0.640. The van der Waals surface area contributed by atoms with Crippen LogP contribution in [0.3, 0.4) is 0 Å². The van der Waals surface area contributed by atoms with E-state index in [-0.39, 0.29) is 4.96 Å². The minimum Gasteiger partial charge on any atom is -0.179 e. The van der Waals surface area contributed by atoms with Crippen LogP contribution in [0.1, 0.15) is 5.82 Å². The van der Waals surface area contributed by atoms with Crippen LogP contribution in [-0.4, -0.2) is 19.8 Å². The molecule has 0 aliphatic heterocycles. The van der Waals surface area contributed by atoms with E-state index in [0.29, 0.717) is 5.01 Å². The predicted molar refractivity (Wildman–Crippen MR) is 69.4 cm³/mol. The predicted octanol–water partition coefficient (Wildman–Crippen LogP) is 3.96. The number of halogens is 4. The number of thiophene rings is 1. The standard InChI is InChI=1S/C8H2BrClF2N4S2/c9-4-2-1-3(17-4)5-15-16-6(8(10,11)12)13-14-7(16)18-5/h1-2H. The third-order valence-electron chi connectivity index (χ3n) is 2.03. The molecule has 0 atom stereocenters. The fourth-order valence-electron chi connectivity index (χ4n) is 1.32. The van der Waals surface area contributed by atoms with Gasteiger partial charge in [-0.2, -0.15) is 18.4 Å². The van der Waals surface area contributed by atoms with E-state index in [4.69, 9.17) is 11.6 Å². The Kier molecular flexibility index (Phi) is 2.88. The van der Waals surface area contributed by atoms with Crippen molar-refractivity contribution in [2.24, 2.45) is 0 Å². The molecule has 0 saturated heterocycles. The molecule has 18 heavy (non-hydrogen) atoms. The zero-order valence-corrected chi connectivity index (χ0v) is 12.2. The van der Waals surface area contributed by atoms with E-state index in [0.717, 1.165) is 13.2 Å². The van der Waals surface area contributed by atoms with Gasteiger partial charge in [-0.25, -0.2) is 0 Å². The van der Waals surface area contributed by atoms with Gasteiger partial charge in [0.15, 0.2) is 5.01 Å². The summed E-state index contributed by atoms with van der Waals surface area (Å²) in [5.74, 6) is -0.669. The second kappa shape index (κ2) is 4.19. The summed E-state index contributed by atoms with van der Waals surface area (Å²) in [5, 5.41) is 8.05. The second-order valence-electron chi connectivity index (χ2n) is 3.23. The Balaban J connectivity index is 2.15. The highest BCUT2D eigenvalue weighted by Crippen LogP contribution is 2.36. The van der Waals surface area contributed by atoms with Gasteiger partial charge < -0.3 is 0 Å². The first kappa shape index (κ1) is 12.4. The molecule has 0 N–H and O–H groups in total. The van der Waals surface area contributed by atoms with Gasteiger partial charge in [0.1, 0.15) is 0 Å². The lowest BCUT2D eigenvalue weighted by molar-refractivity contribution is 0.0821. The van der Waals surface area contributed by atoms with E-state index in [1.807, 2.05) is 12.1 Å². The van der Waals surface area contributed by atoms with Crippen LogP contribution in [0.4, 0.5) is 8.78 Å². The van der Waals surface area contributed by atoms with Crippen molar-refractivity contribution >= 4 is 55.2 Å². The smallest absolute Gasteiger partial charge is 0.179 e. The van der Waals surface area contributed by atoms with Crippen molar-refractivity contribution in [3.63, 3.8) is 0 Å². The summed E-state index contributed by atoms with van der Waals surface area (Å²) in [6.07, 6.45) is 0. The van der Waals surface area contributed by atoms with Gasteiger partial charge in [0.2, 0.25) is 10.8 Å². The van der Waals surface area contributed by atoms with Crippen molar-refractivity contribution in [1.29, 1.82) is 0 Å². The van der Waals surface area contributed by atoms with Crippen molar-refractivity contribution in [2.45, 2.75) is 5.38 Å². The van der Waals surface area contributed by atoms with E-state index in [1.54, 1.807) is 0 Å². The molecule has 3 rings (SSSR count). The SMILES string of the molecule is FC(F)(Cl)c1nnc2sc(-c3ccc(Br)s3)nn12. The molecule has 3 heterocycles. The molecule has 0 bridgehead atoms. The van der Waals surface area contributed by atoms with Gasteiger partial charge in [-0.1, -0.05) is 11.3 Å². The molecule has 3 aromatic heterocycles. The molecule has 0 spiro atoms. The van der Waals surface area contributed by atoms with Gasteiger partial charge in [0.05, 0.1) is 8.66 Å². The molecule has 3 aromatic rings. The number of aromatic nitrogens is 4. The van der Waals surface area contributed by atoms with E-state index >= 15 is 0 Å². The van der Waals surface area contributed by atoms with Gasteiger partial charge >= 0.3 is 5.38 Å². The van der Waals surface area contributed by atoms with E-state index in [1.165, 1.54) is 22.7 Å². The number of fused-ring (bicyclic) bond motifs is 1. The summed E-state index contributed by atoms with van der Waals surface area (Å²) >= 11 is 10.9. The van der Waals surface area contributed by atoms with Gasteiger partial charge in [-0.05, 0) is 39.7 Å². The number of rotatable bonds is 2. The van der Waals surface area contributed by atoms with Crippen molar-refractivity contribution < 1.29 is 8.78 Å². The van der Waals surface area contributed by atoms with Crippen LogP contribution in [0.2, 0.25) is 0 Å². The van der Waals surface area contributed by atoms with E-state index < -0.39 is 11.2 Å². The highest BCUT2D eigenvalue weighted by atomic mass is 79.9. The van der Waals surface area contributed by atoms with Crippen LogP contribution >= 0.6 is 50.2 Å². The first-order valence-corrected chi connectivity index (χ1v) is 7.31. The van der Waals surface area contributed by atoms with E-state index in [2.05, 4.69) is 31.2 Å². The molecule has 0 saturated carbocycles. The highest BCUT2D eigenvalue weighted by molar-refractivity contribution is 9.11. The molecule has 0 aliphatic carbocycles. The maximum Gasteiger partial charge on any atom is 0.383 e. The molecule has 0 amide bonds. The highest BCUT2D eigenvalue weighted by Gasteiger charge is 2.35. The molecule has 94 valence electrons. The fraction of sp³-hybridized carbons (Fsp3) is 0.125. The normalized spacial score (nSPS) is 12.4. The molecule has 4 nitrogen and oxygen atoms in total. The minimum absolute atomic E-state index is 0.282. The molecular formula is C8H2BrClF2N4S2. The molecule has 10 heteroatoms. The molecule has 0 radical (unpaired) electrons. The average Bonchev–Trinajstić information content (AvgIpc) is 2.87. The van der Waals surface area contributed by atoms with Gasteiger partial charge in [-0.15, -0.1) is 21.5 Å². The number of alkyl halides is 3. The largest absolute Gasteiger partial charge is 0.383 e. The van der Waals surface area contributed by atoms with Crippen molar-refractivity contribution in [1.82, 2.24) is 19.8 Å². The van der Waals surface area contributed by atoms with Crippen LogP contribution in [0.5, 0.6) is 0 Å². The Morgan fingerprint density at radius 3 is 2.67 bits per heavy atom.